The Hall–Kier alpha value is -4.14. The molecule has 0 aromatic heterocycles. The highest BCUT2D eigenvalue weighted by atomic mass is 16.6. The first kappa shape index (κ1) is 25.0. The fourth-order valence-corrected chi connectivity index (χ4v) is 3.97. The predicted molar refractivity (Wildman–Crippen MR) is 135 cm³/mol. The Morgan fingerprint density at radius 2 is 1.81 bits per heavy atom. The number of benzene rings is 2. The lowest BCUT2D eigenvalue weighted by Gasteiger charge is -2.26. The van der Waals surface area contributed by atoms with Crippen molar-refractivity contribution in [1.29, 1.82) is 0 Å². The molecule has 188 valence electrons. The molecule has 2 aromatic carbocycles. The highest BCUT2D eigenvalue weighted by molar-refractivity contribution is 6.13. The number of ether oxygens (including phenoxy) is 3. The van der Waals surface area contributed by atoms with E-state index in [0.29, 0.717) is 34.9 Å². The number of carbonyl (C=O) groups is 3. The molecule has 1 fully saturated rings. The smallest absolute Gasteiger partial charge is 0.363 e. The number of carbonyl (C=O) groups excluding carboxylic acids is 3. The average molecular weight is 492 g/mol. The molecule has 1 saturated heterocycles. The number of nitrogens with one attached hydrogen (secondary N) is 1. The van der Waals surface area contributed by atoms with Gasteiger partial charge in [0, 0.05) is 31.3 Å². The second-order valence-electron chi connectivity index (χ2n) is 8.46. The van der Waals surface area contributed by atoms with Gasteiger partial charge in [-0.2, -0.15) is 0 Å². The van der Waals surface area contributed by atoms with E-state index in [2.05, 4.69) is 10.3 Å². The molecule has 2 aliphatic rings. The van der Waals surface area contributed by atoms with Gasteiger partial charge in [0.15, 0.2) is 23.8 Å². The largest absolute Gasteiger partial charge is 0.490 e. The van der Waals surface area contributed by atoms with Crippen LogP contribution in [0.5, 0.6) is 11.5 Å². The number of esters is 1. The van der Waals surface area contributed by atoms with Crippen LogP contribution in [-0.4, -0.2) is 54.9 Å². The van der Waals surface area contributed by atoms with E-state index in [1.807, 2.05) is 11.8 Å². The van der Waals surface area contributed by atoms with Crippen molar-refractivity contribution in [2.45, 2.75) is 33.1 Å². The molecule has 1 N–H and O–H groups in total. The van der Waals surface area contributed by atoms with Gasteiger partial charge < -0.3 is 24.4 Å². The van der Waals surface area contributed by atoms with Crippen molar-refractivity contribution in [2.75, 3.05) is 31.6 Å². The van der Waals surface area contributed by atoms with Gasteiger partial charge in [-0.25, -0.2) is 9.79 Å². The number of cyclic esters (lactones) is 1. The zero-order valence-corrected chi connectivity index (χ0v) is 20.4. The van der Waals surface area contributed by atoms with Gasteiger partial charge in [-0.05, 0) is 74.2 Å². The maximum Gasteiger partial charge on any atom is 0.363 e. The van der Waals surface area contributed by atoms with Crippen molar-refractivity contribution in [3.05, 3.63) is 59.3 Å². The van der Waals surface area contributed by atoms with Gasteiger partial charge in [-0.3, -0.25) is 9.59 Å². The van der Waals surface area contributed by atoms with Crippen molar-refractivity contribution >= 4 is 35.4 Å². The monoisotopic (exact) mass is 491 g/mol. The molecule has 0 saturated carbocycles. The summed E-state index contributed by atoms with van der Waals surface area (Å²) in [7, 11) is 0. The Kier molecular flexibility index (Phi) is 7.99. The van der Waals surface area contributed by atoms with Crippen LogP contribution in [0, 0.1) is 0 Å². The van der Waals surface area contributed by atoms with Crippen LogP contribution in [0.1, 0.15) is 44.2 Å². The van der Waals surface area contributed by atoms with Crippen LogP contribution in [0.3, 0.4) is 0 Å². The van der Waals surface area contributed by atoms with Crippen LogP contribution in [0.25, 0.3) is 6.08 Å². The minimum atomic E-state index is -0.568. The third-order valence-corrected chi connectivity index (χ3v) is 5.70. The van der Waals surface area contributed by atoms with E-state index in [1.54, 1.807) is 48.5 Å². The molecule has 36 heavy (non-hydrogen) atoms. The molecular weight excluding hydrogens is 462 g/mol. The molecular formula is C27H29N3O6. The van der Waals surface area contributed by atoms with Crippen molar-refractivity contribution in [2.24, 2.45) is 4.99 Å². The van der Waals surface area contributed by atoms with E-state index in [-0.39, 0.29) is 30.0 Å². The summed E-state index contributed by atoms with van der Waals surface area (Å²) in [6.07, 6.45) is 4.80. The molecule has 0 radical (unpaired) electrons. The Labute approximate surface area is 209 Å². The molecule has 0 aliphatic carbocycles. The second-order valence-corrected chi connectivity index (χ2v) is 8.46. The quantitative estimate of drug-likeness (QED) is 0.445. The topological polar surface area (TPSA) is 107 Å². The Balaban J connectivity index is 1.47. The normalized spacial score (nSPS) is 16.4. The van der Waals surface area contributed by atoms with Crippen molar-refractivity contribution < 1.29 is 28.6 Å². The summed E-state index contributed by atoms with van der Waals surface area (Å²) in [5.74, 6) is 0.338. The van der Waals surface area contributed by atoms with E-state index in [1.165, 1.54) is 6.92 Å². The van der Waals surface area contributed by atoms with Crippen LogP contribution in [-0.2, 0) is 19.1 Å². The SMILES string of the molecule is CCOc1cc(/C=C2\N=C(c3ccc(NC(C)=O)cc3)OC2=O)ccc1OCC(=O)N1CCCCC1. The Bertz CT molecular complexity index is 1200. The van der Waals surface area contributed by atoms with E-state index in [9.17, 15) is 14.4 Å². The molecule has 0 unspecified atom stereocenters. The molecule has 2 amide bonds. The molecule has 0 bridgehead atoms. The third kappa shape index (κ3) is 6.29. The summed E-state index contributed by atoms with van der Waals surface area (Å²) in [5.41, 5.74) is 2.06. The highest BCUT2D eigenvalue weighted by Gasteiger charge is 2.24. The third-order valence-electron chi connectivity index (χ3n) is 5.70. The van der Waals surface area contributed by atoms with Crippen LogP contribution in [0.2, 0.25) is 0 Å². The summed E-state index contributed by atoms with van der Waals surface area (Å²) in [6, 6.07) is 12.1. The molecule has 2 aliphatic heterocycles. The standard InChI is InChI=1S/C27H29N3O6/c1-3-34-24-16-19(7-12-23(24)35-17-25(32)30-13-5-4-6-14-30)15-22-27(33)36-26(29-22)20-8-10-21(11-9-20)28-18(2)31/h7-12,15-16H,3-6,13-14,17H2,1-2H3,(H,28,31)/b22-15-. The highest BCUT2D eigenvalue weighted by Crippen LogP contribution is 2.30. The number of likely N-dealkylation sites (tertiary alicyclic amines) is 1. The van der Waals surface area contributed by atoms with Crippen molar-refractivity contribution in [3.8, 4) is 11.5 Å². The van der Waals surface area contributed by atoms with Gasteiger partial charge in [0.25, 0.3) is 5.91 Å². The lowest BCUT2D eigenvalue weighted by molar-refractivity contribution is -0.134. The van der Waals surface area contributed by atoms with Crippen LogP contribution in [0.15, 0.2) is 53.2 Å². The summed E-state index contributed by atoms with van der Waals surface area (Å²) >= 11 is 0. The van der Waals surface area contributed by atoms with E-state index in [0.717, 1.165) is 32.4 Å². The molecule has 9 nitrogen and oxygen atoms in total. The van der Waals surface area contributed by atoms with E-state index < -0.39 is 5.97 Å². The van der Waals surface area contributed by atoms with Gasteiger partial charge >= 0.3 is 5.97 Å². The van der Waals surface area contributed by atoms with Crippen LogP contribution >= 0.6 is 0 Å². The molecule has 2 heterocycles. The molecule has 9 heteroatoms. The zero-order valence-electron chi connectivity index (χ0n) is 20.4. The Morgan fingerprint density at radius 1 is 1.06 bits per heavy atom. The van der Waals surface area contributed by atoms with Gasteiger partial charge in [0.05, 0.1) is 6.61 Å². The number of rotatable bonds is 8. The predicted octanol–water partition coefficient (Wildman–Crippen LogP) is 3.78. The maximum atomic E-state index is 12.5. The summed E-state index contributed by atoms with van der Waals surface area (Å²) in [6.45, 7) is 5.18. The van der Waals surface area contributed by atoms with Gasteiger partial charge in [0.2, 0.25) is 11.8 Å². The average Bonchev–Trinajstić information content (AvgIpc) is 3.24. The number of nitrogens with zero attached hydrogens (tertiary/aromatic N) is 2. The molecule has 2 aromatic rings. The number of hydrogen-bond acceptors (Lipinski definition) is 7. The first-order valence-corrected chi connectivity index (χ1v) is 12.0. The summed E-state index contributed by atoms with van der Waals surface area (Å²) in [4.78, 5) is 42.2. The number of hydrogen-bond donors (Lipinski definition) is 1. The number of piperidine rings is 1. The molecule has 4 rings (SSSR count). The first-order valence-electron chi connectivity index (χ1n) is 12.0. The van der Waals surface area contributed by atoms with Gasteiger partial charge in [-0.15, -0.1) is 0 Å². The first-order chi connectivity index (χ1) is 17.4. The lowest BCUT2D eigenvalue weighted by atomic mass is 10.1. The summed E-state index contributed by atoms with van der Waals surface area (Å²) < 4.78 is 16.8. The van der Waals surface area contributed by atoms with E-state index in [4.69, 9.17) is 14.2 Å². The summed E-state index contributed by atoms with van der Waals surface area (Å²) in [5, 5.41) is 2.68. The zero-order chi connectivity index (χ0) is 25.5. The number of amides is 2. The number of aliphatic imine (C=N–C) groups is 1. The maximum absolute atomic E-state index is 12.5. The minimum Gasteiger partial charge on any atom is -0.490 e. The van der Waals surface area contributed by atoms with Gasteiger partial charge in [0.1, 0.15) is 0 Å². The van der Waals surface area contributed by atoms with Gasteiger partial charge in [-0.1, -0.05) is 6.07 Å². The molecule has 0 atom stereocenters. The van der Waals surface area contributed by atoms with Crippen molar-refractivity contribution in [3.63, 3.8) is 0 Å². The van der Waals surface area contributed by atoms with E-state index >= 15 is 0 Å². The number of anilines is 1. The second kappa shape index (κ2) is 11.5. The fraction of sp³-hybridized carbons (Fsp3) is 0.333. The fourth-order valence-electron chi connectivity index (χ4n) is 3.97. The van der Waals surface area contributed by atoms with Crippen LogP contribution in [0.4, 0.5) is 5.69 Å². The Morgan fingerprint density at radius 3 is 2.50 bits per heavy atom. The van der Waals surface area contributed by atoms with Crippen LogP contribution < -0.4 is 14.8 Å². The minimum absolute atomic E-state index is 0.0379. The molecule has 0 spiro atoms. The van der Waals surface area contributed by atoms with Crippen molar-refractivity contribution in [1.82, 2.24) is 4.90 Å². The lowest BCUT2D eigenvalue weighted by Crippen LogP contribution is -2.38.